The molecule has 2 aromatic heterocycles. The number of anilines is 2. The first kappa shape index (κ1) is 14.1. The molecule has 0 spiro atoms. The summed E-state index contributed by atoms with van der Waals surface area (Å²) in [7, 11) is 0. The summed E-state index contributed by atoms with van der Waals surface area (Å²) in [6.07, 6.45) is 6.98. The van der Waals surface area contributed by atoms with Crippen LogP contribution in [-0.2, 0) is 0 Å². The maximum absolute atomic E-state index is 4.56. The van der Waals surface area contributed by atoms with Gasteiger partial charge in [-0.2, -0.15) is 9.97 Å². The lowest BCUT2D eigenvalue weighted by molar-refractivity contribution is 0.300. The maximum Gasteiger partial charge on any atom is 0.226 e. The minimum absolute atomic E-state index is 0.636. The number of hydrogen-bond donors (Lipinski definition) is 3. The number of aromatic nitrogens is 4. The molecule has 3 rings (SSSR count). The molecule has 114 valence electrons. The number of H-pyrrole nitrogens is 1. The molecule has 2 aromatic rings. The molecule has 6 heteroatoms. The van der Waals surface area contributed by atoms with Crippen molar-refractivity contribution in [2.75, 3.05) is 23.7 Å². The van der Waals surface area contributed by atoms with Crippen molar-refractivity contribution in [2.45, 2.75) is 39.5 Å². The summed E-state index contributed by atoms with van der Waals surface area (Å²) >= 11 is 0. The van der Waals surface area contributed by atoms with Gasteiger partial charge in [0.1, 0.15) is 5.52 Å². The quantitative estimate of drug-likeness (QED) is 0.788. The Kier molecular flexibility index (Phi) is 4.22. The Bertz CT molecular complexity index is 585. The van der Waals surface area contributed by atoms with E-state index < -0.39 is 0 Å². The van der Waals surface area contributed by atoms with E-state index in [1.54, 1.807) is 6.33 Å². The summed E-state index contributed by atoms with van der Waals surface area (Å²) in [5, 5.41) is 6.65. The van der Waals surface area contributed by atoms with Crippen molar-refractivity contribution in [1.82, 2.24) is 19.9 Å². The van der Waals surface area contributed by atoms with Gasteiger partial charge in [-0.15, -0.1) is 0 Å². The van der Waals surface area contributed by atoms with Crippen molar-refractivity contribution in [3.63, 3.8) is 0 Å². The SMILES string of the molecule is CCNc1nc(NCC2CCC(C)CC2)c2[nH]cnc2n1. The lowest BCUT2D eigenvalue weighted by Crippen LogP contribution is -2.21. The molecule has 0 unspecified atom stereocenters. The number of imidazole rings is 1. The van der Waals surface area contributed by atoms with Gasteiger partial charge in [-0.1, -0.05) is 19.8 Å². The van der Waals surface area contributed by atoms with E-state index in [1.165, 1.54) is 25.7 Å². The predicted octanol–water partition coefficient (Wildman–Crippen LogP) is 3.02. The molecule has 0 aromatic carbocycles. The number of hydrogen-bond acceptors (Lipinski definition) is 5. The minimum atomic E-state index is 0.636. The number of nitrogens with zero attached hydrogens (tertiary/aromatic N) is 3. The lowest BCUT2D eigenvalue weighted by atomic mass is 9.83. The molecule has 2 heterocycles. The first-order valence-electron chi connectivity index (χ1n) is 7.95. The van der Waals surface area contributed by atoms with E-state index in [0.717, 1.165) is 36.3 Å². The molecule has 0 amide bonds. The first-order valence-corrected chi connectivity index (χ1v) is 7.95. The fourth-order valence-electron chi connectivity index (χ4n) is 2.97. The summed E-state index contributed by atoms with van der Waals surface area (Å²) in [4.78, 5) is 16.3. The molecule has 1 saturated carbocycles. The molecule has 0 saturated heterocycles. The van der Waals surface area contributed by atoms with E-state index in [2.05, 4.69) is 37.5 Å². The summed E-state index contributed by atoms with van der Waals surface area (Å²) < 4.78 is 0. The fourth-order valence-corrected chi connectivity index (χ4v) is 2.97. The maximum atomic E-state index is 4.56. The van der Waals surface area contributed by atoms with Crippen molar-refractivity contribution >= 4 is 22.9 Å². The van der Waals surface area contributed by atoms with Crippen molar-refractivity contribution in [2.24, 2.45) is 11.8 Å². The van der Waals surface area contributed by atoms with E-state index in [0.29, 0.717) is 11.6 Å². The zero-order chi connectivity index (χ0) is 14.7. The molecule has 0 bridgehead atoms. The normalized spacial score (nSPS) is 22.4. The highest BCUT2D eigenvalue weighted by molar-refractivity contribution is 5.83. The van der Waals surface area contributed by atoms with Gasteiger partial charge in [0.15, 0.2) is 11.5 Å². The summed E-state index contributed by atoms with van der Waals surface area (Å²) in [5.74, 6) is 3.13. The standard InChI is InChI=1S/C15H24N6/c1-3-16-15-20-13(12-14(21-15)19-9-18-12)17-8-11-6-4-10(2)5-7-11/h9-11H,3-8H2,1-2H3,(H3,16,17,18,19,20,21). The second-order valence-electron chi connectivity index (χ2n) is 6.03. The average molecular weight is 288 g/mol. The monoisotopic (exact) mass is 288 g/mol. The van der Waals surface area contributed by atoms with Gasteiger partial charge in [0.05, 0.1) is 6.33 Å². The highest BCUT2D eigenvalue weighted by Gasteiger charge is 2.19. The molecule has 1 fully saturated rings. The third kappa shape index (κ3) is 3.25. The van der Waals surface area contributed by atoms with Gasteiger partial charge in [0, 0.05) is 13.1 Å². The Morgan fingerprint density at radius 3 is 2.76 bits per heavy atom. The Labute approximate surface area is 125 Å². The summed E-state index contributed by atoms with van der Waals surface area (Å²) in [6.45, 7) is 6.17. The predicted molar refractivity (Wildman–Crippen MR) is 85.5 cm³/mol. The van der Waals surface area contributed by atoms with Crippen molar-refractivity contribution in [1.29, 1.82) is 0 Å². The van der Waals surface area contributed by atoms with Gasteiger partial charge in [0.2, 0.25) is 5.95 Å². The Hall–Kier alpha value is -1.85. The van der Waals surface area contributed by atoms with Crippen LogP contribution in [0, 0.1) is 11.8 Å². The highest BCUT2D eigenvalue weighted by atomic mass is 15.2. The van der Waals surface area contributed by atoms with Crippen molar-refractivity contribution in [3.8, 4) is 0 Å². The van der Waals surface area contributed by atoms with Crippen LogP contribution < -0.4 is 10.6 Å². The van der Waals surface area contributed by atoms with Crippen LogP contribution in [0.25, 0.3) is 11.2 Å². The highest BCUT2D eigenvalue weighted by Crippen LogP contribution is 2.29. The number of nitrogens with one attached hydrogen (secondary N) is 3. The fraction of sp³-hybridized carbons (Fsp3) is 0.667. The topological polar surface area (TPSA) is 78.5 Å². The number of fused-ring (bicyclic) bond motifs is 1. The Balaban J connectivity index is 1.71. The second kappa shape index (κ2) is 6.28. The zero-order valence-electron chi connectivity index (χ0n) is 12.8. The third-order valence-corrected chi connectivity index (χ3v) is 4.31. The van der Waals surface area contributed by atoms with E-state index in [4.69, 9.17) is 0 Å². The van der Waals surface area contributed by atoms with Gasteiger partial charge in [-0.05, 0) is 31.6 Å². The van der Waals surface area contributed by atoms with Crippen molar-refractivity contribution in [3.05, 3.63) is 6.33 Å². The molecule has 6 nitrogen and oxygen atoms in total. The average Bonchev–Trinajstić information content (AvgIpc) is 2.95. The van der Waals surface area contributed by atoms with E-state index in [-0.39, 0.29) is 0 Å². The van der Waals surface area contributed by atoms with E-state index >= 15 is 0 Å². The number of rotatable bonds is 5. The molecule has 1 aliphatic rings. The smallest absolute Gasteiger partial charge is 0.226 e. The van der Waals surface area contributed by atoms with Gasteiger partial charge in [0.25, 0.3) is 0 Å². The van der Waals surface area contributed by atoms with Crippen LogP contribution in [-0.4, -0.2) is 33.0 Å². The van der Waals surface area contributed by atoms with Crippen LogP contribution >= 0.6 is 0 Å². The molecule has 0 atom stereocenters. The minimum Gasteiger partial charge on any atom is -0.368 e. The van der Waals surface area contributed by atoms with Gasteiger partial charge in [-0.3, -0.25) is 0 Å². The van der Waals surface area contributed by atoms with E-state index in [9.17, 15) is 0 Å². The van der Waals surface area contributed by atoms with Gasteiger partial charge < -0.3 is 15.6 Å². The summed E-state index contributed by atoms with van der Waals surface area (Å²) in [5.41, 5.74) is 1.60. The molecule has 1 aliphatic carbocycles. The van der Waals surface area contributed by atoms with Crippen LogP contribution in [0.2, 0.25) is 0 Å². The molecule has 0 aliphatic heterocycles. The number of aromatic amines is 1. The molecule has 21 heavy (non-hydrogen) atoms. The molecular formula is C15H24N6. The molecule has 0 radical (unpaired) electrons. The Morgan fingerprint density at radius 2 is 2.00 bits per heavy atom. The second-order valence-corrected chi connectivity index (χ2v) is 6.03. The van der Waals surface area contributed by atoms with Crippen LogP contribution in [0.5, 0.6) is 0 Å². The van der Waals surface area contributed by atoms with Crippen LogP contribution in [0.1, 0.15) is 39.5 Å². The zero-order valence-corrected chi connectivity index (χ0v) is 12.8. The summed E-state index contributed by atoms with van der Waals surface area (Å²) in [6, 6.07) is 0. The molecule has 3 N–H and O–H groups in total. The first-order chi connectivity index (χ1) is 10.3. The van der Waals surface area contributed by atoms with Gasteiger partial charge >= 0.3 is 0 Å². The van der Waals surface area contributed by atoms with Crippen molar-refractivity contribution < 1.29 is 0 Å². The molecular weight excluding hydrogens is 264 g/mol. The third-order valence-electron chi connectivity index (χ3n) is 4.31. The van der Waals surface area contributed by atoms with Gasteiger partial charge in [-0.25, -0.2) is 4.98 Å². The van der Waals surface area contributed by atoms with Crippen LogP contribution in [0.3, 0.4) is 0 Å². The largest absolute Gasteiger partial charge is 0.368 e. The van der Waals surface area contributed by atoms with Crippen LogP contribution in [0.15, 0.2) is 6.33 Å². The Morgan fingerprint density at radius 1 is 1.19 bits per heavy atom. The van der Waals surface area contributed by atoms with Crippen LogP contribution in [0.4, 0.5) is 11.8 Å². The van der Waals surface area contributed by atoms with E-state index in [1.807, 2.05) is 6.92 Å². The lowest BCUT2D eigenvalue weighted by Gasteiger charge is -2.26.